The standard InChI is InChI=1S/C41H58N8O6/c1-8-28(2)35(49-24-23-47(40(49)54)22-19-32-16-12-13-29(3)43-32)37(51)44-33(25-30-14-10-9-11-15-30)34(50)27-48(26-31-17-20-42-21-18-31)46-38(52)36(41(4,5)6)45-39(53)55-7/h9-18,20-21,28,33-36,50H,8,19,22-27H2,1-7H3,(H,44,51)(H,45,53)(H,46,52). The number of ether oxygens (including phenoxy) is 1. The smallest absolute Gasteiger partial charge is 0.407 e. The van der Waals surface area contributed by atoms with Crippen molar-refractivity contribution in [1.82, 2.24) is 40.8 Å². The molecule has 298 valence electrons. The zero-order valence-corrected chi connectivity index (χ0v) is 33.2. The Morgan fingerprint density at radius 2 is 1.67 bits per heavy atom. The molecule has 3 heterocycles. The van der Waals surface area contributed by atoms with Crippen molar-refractivity contribution in [1.29, 1.82) is 0 Å². The van der Waals surface area contributed by atoms with Gasteiger partial charge in [0.15, 0.2) is 0 Å². The highest BCUT2D eigenvalue weighted by atomic mass is 16.5. The van der Waals surface area contributed by atoms with Crippen molar-refractivity contribution in [2.75, 3.05) is 33.3 Å². The SMILES string of the molecule is CCC(C)C(C(=O)NC(Cc1ccccc1)C(O)CN(Cc1ccncc1)NC(=O)C(NC(=O)OC)C(C)(C)C)N1CCN(CCc2cccc(C)n2)C1=O. The number of carbonyl (C=O) groups is 4. The molecule has 0 bridgehead atoms. The van der Waals surface area contributed by atoms with Crippen molar-refractivity contribution < 1.29 is 29.0 Å². The Labute approximate surface area is 325 Å². The van der Waals surface area contributed by atoms with Crippen molar-refractivity contribution in [3.8, 4) is 0 Å². The van der Waals surface area contributed by atoms with Gasteiger partial charge in [0.2, 0.25) is 5.91 Å². The van der Waals surface area contributed by atoms with Crippen LogP contribution in [-0.2, 0) is 33.7 Å². The van der Waals surface area contributed by atoms with Crippen LogP contribution in [-0.4, -0.2) is 111 Å². The van der Waals surface area contributed by atoms with Crippen molar-refractivity contribution >= 4 is 23.9 Å². The molecule has 1 fully saturated rings. The van der Waals surface area contributed by atoms with Gasteiger partial charge in [0.25, 0.3) is 5.91 Å². The number of aliphatic hydroxyl groups excluding tert-OH is 1. The van der Waals surface area contributed by atoms with Gasteiger partial charge in [0, 0.05) is 62.9 Å². The second-order valence-electron chi connectivity index (χ2n) is 15.3. The van der Waals surface area contributed by atoms with Crippen molar-refractivity contribution in [2.45, 2.75) is 91.6 Å². The number of hydrazine groups is 1. The van der Waals surface area contributed by atoms with Gasteiger partial charge < -0.3 is 30.3 Å². The molecule has 1 saturated heterocycles. The Morgan fingerprint density at radius 1 is 0.964 bits per heavy atom. The Hall–Kier alpha value is -5.08. The van der Waals surface area contributed by atoms with Crippen LogP contribution in [0.2, 0.25) is 0 Å². The van der Waals surface area contributed by atoms with E-state index in [1.165, 1.54) is 7.11 Å². The number of aryl methyl sites for hydroxylation is 1. The van der Waals surface area contributed by atoms with Crippen molar-refractivity contribution in [2.24, 2.45) is 11.3 Å². The maximum atomic E-state index is 14.4. The number of carbonyl (C=O) groups excluding carboxylic acids is 4. The molecule has 4 rings (SSSR count). The van der Waals surface area contributed by atoms with Crippen molar-refractivity contribution in [3.63, 3.8) is 0 Å². The topological polar surface area (TPSA) is 169 Å². The van der Waals surface area contributed by atoms with Crippen molar-refractivity contribution in [3.05, 3.63) is 95.6 Å². The molecule has 0 aliphatic carbocycles. The molecule has 14 heteroatoms. The number of nitrogens with zero attached hydrogens (tertiary/aromatic N) is 5. The highest BCUT2D eigenvalue weighted by molar-refractivity contribution is 5.88. The van der Waals surface area contributed by atoms with E-state index in [0.717, 1.165) is 22.5 Å². The van der Waals surface area contributed by atoms with Crippen LogP contribution in [0.4, 0.5) is 9.59 Å². The normalized spacial score (nSPS) is 15.9. The van der Waals surface area contributed by atoms with Gasteiger partial charge in [-0.2, -0.15) is 0 Å². The summed E-state index contributed by atoms with van der Waals surface area (Å²) in [5.41, 5.74) is 5.74. The van der Waals surface area contributed by atoms with Crippen LogP contribution < -0.4 is 16.1 Å². The summed E-state index contributed by atoms with van der Waals surface area (Å²) in [6.45, 7) is 12.8. The van der Waals surface area contributed by atoms with Crippen LogP contribution in [0, 0.1) is 18.3 Å². The third kappa shape index (κ3) is 12.5. The van der Waals surface area contributed by atoms with E-state index in [2.05, 4.69) is 26.0 Å². The molecule has 5 atom stereocenters. The van der Waals surface area contributed by atoms with Gasteiger partial charge in [-0.25, -0.2) is 14.6 Å². The Kier molecular flexibility index (Phi) is 15.5. The number of amides is 5. The molecule has 3 aromatic rings. The molecule has 2 aromatic heterocycles. The van der Waals surface area contributed by atoms with Gasteiger partial charge in [0.1, 0.15) is 12.1 Å². The van der Waals surface area contributed by atoms with E-state index >= 15 is 0 Å². The van der Waals surface area contributed by atoms with E-state index in [-0.39, 0.29) is 37.4 Å². The molecule has 55 heavy (non-hydrogen) atoms. The molecule has 4 N–H and O–H groups in total. The number of methoxy groups -OCH3 is 1. The monoisotopic (exact) mass is 758 g/mol. The minimum Gasteiger partial charge on any atom is -0.453 e. The second-order valence-corrected chi connectivity index (χ2v) is 15.3. The molecule has 1 aromatic carbocycles. The number of rotatable bonds is 18. The van der Waals surface area contributed by atoms with E-state index in [1.807, 2.05) is 90.1 Å². The van der Waals surface area contributed by atoms with Gasteiger partial charge in [-0.15, -0.1) is 0 Å². The van der Waals surface area contributed by atoms with Crippen LogP contribution in [0.15, 0.2) is 73.1 Å². The minimum atomic E-state index is -1.18. The lowest BCUT2D eigenvalue weighted by molar-refractivity contribution is -0.132. The first kappa shape index (κ1) is 42.7. The number of aliphatic hydroxyl groups is 1. The molecular weight excluding hydrogens is 701 g/mol. The van der Waals surface area contributed by atoms with E-state index in [9.17, 15) is 24.3 Å². The lowest BCUT2D eigenvalue weighted by Gasteiger charge is -2.36. The number of alkyl carbamates (subject to hydrolysis) is 1. The number of hydrogen-bond donors (Lipinski definition) is 4. The summed E-state index contributed by atoms with van der Waals surface area (Å²) in [6, 6.07) is 16.2. The molecule has 5 amide bonds. The summed E-state index contributed by atoms with van der Waals surface area (Å²) >= 11 is 0. The van der Waals surface area contributed by atoms with Gasteiger partial charge in [-0.05, 0) is 60.1 Å². The van der Waals surface area contributed by atoms with E-state index in [0.29, 0.717) is 32.5 Å². The fourth-order valence-corrected chi connectivity index (χ4v) is 6.69. The Morgan fingerprint density at radius 3 is 2.31 bits per heavy atom. The molecular formula is C41H58N8O6. The molecule has 5 unspecified atom stereocenters. The van der Waals surface area contributed by atoms with E-state index < -0.39 is 41.6 Å². The summed E-state index contributed by atoms with van der Waals surface area (Å²) in [5.74, 6) is -1.03. The number of aromatic nitrogens is 2. The quantitative estimate of drug-likeness (QED) is 0.141. The van der Waals surface area contributed by atoms with Crippen LogP contribution >= 0.6 is 0 Å². The first-order valence-electron chi connectivity index (χ1n) is 19.0. The maximum Gasteiger partial charge on any atom is 0.407 e. The molecule has 0 spiro atoms. The Balaban J connectivity index is 1.57. The third-order valence-electron chi connectivity index (χ3n) is 9.96. The maximum absolute atomic E-state index is 14.4. The van der Waals surface area contributed by atoms with Gasteiger partial charge in [-0.3, -0.25) is 25.0 Å². The minimum absolute atomic E-state index is 0.0850. The van der Waals surface area contributed by atoms with Gasteiger partial charge in [-0.1, -0.05) is 77.4 Å². The summed E-state index contributed by atoms with van der Waals surface area (Å²) in [7, 11) is 1.23. The number of benzene rings is 1. The average Bonchev–Trinajstić information content (AvgIpc) is 3.51. The lowest BCUT2D eigenvalue weighted by atomic mass is 9.86. The summed E-state index contributed by atoms with van der Waals surface area (Å²) in [4.78, 5) is 66.3. The van der Waals surface area contributed by atoms with Crippen LogP contribution in [0.5, 0.6) is 0 Å². The number of urea groups is 1. The highest BCUT2D eigenvalue weighted by Crippen LogP contribution is 2.23. The molecule has 1 aliphatic rings. The average molecular weight is 759 g/mol. The molecule has 0 saturated carbocycles. The predicted molar refractivity (Wildman–Crippen MR) is 209 cm³/mol. The van der Waals surface area contributed by atoms with E-state index in [1.54, 1.807) is 39.3 Å². The summed E-state index contributed by atoms with van der Waals surface area (Å²) in [6.07, 6.45) is 2.89. The fraction of sp³-hybridized carbons (Fsp3) is 0.512. The summed E-state index contributed by atoms with van der Waals surface area (Å²) in [5, 5.41) is 19.3. The van der Waals surface area contributed by atoms with E-state index in [4.69, 9.17) is 4.74 Å². The summed E-state index contributed by atoms with van der Waals surface area (Å²) < 4.78 is 4.78. The molecule has 14 nitrogen and oxygen atoms in total. The molecule has 0 radical (unpaired) electrons. The number of pyridine rings is 2. The molecule has 1 aliphatic heterocycles. The van der Waals surface area contributed by atoms with Gasteiger partial charge in [0.05, 0.1) is 19.3 Å². The third-order valence-corrected chi connectivity index (χ3v) is 9.96. The first-order chi connectivity index (χ1) is 26.2. The second kappa shape index (κ2) is 20.0. The largest absolute Gasteiger partial charge is 0.453 e. The van der Waals surface area contributed by atoms with Crippen LogP contribution in [0.1, 0.15) is 63.6 Å². The van der Waals surface area contributed by atoms with Crippen LogP contribution in [0.25, 0.3) is 0 Å². The number of hydrogen-bond acceptors (Lipinski definition) is 9. The fourth-order valence-electron chi connectivity index (χ4n) is 6.69. The highest BCUT2D eigenvalue weighted by Gasteiger charge is 2.41. The number of nitrogens with one attached hydrogen (secondary N) is 3. The van der Waals surface area contributed by atoms with Crippen LogP contribution in [0.3, 0.4) is 0 Å². The predicted octanol–water partition coefficient (Wildman–Crippen LogP) is 3.87. The Bertz CT molecular complexity index is 1710. The zero-order chi connectivity index (χ0) is 40.1. The first-order valence-corrected chi connectivity index (χ1v) is 19.0. The zero-order valence-electron chi connectivity index (χ0n) is 33.2. The van der Waals surface area contributed by atoms with Gasteiger partial charge >= 0.3 is 12.1 Å². The lowest BCUT2D eigenvalue weighted by Crippen LogP contribution is -2.60.